The Morgan fingerprint density at radius 3 is 2.52 bits per heavy atom. The normalized spacial score (nSPS) is 19.3. The van der Waals surface area contributed by atoms with Crippen LogP contribution in [0.4, 0.5) is 0 Å². The first-order valence-electron chi connectivity index (χ1n) is 10.3. The molecule has 1 N–H and O–H groups in total. The number of aliphatic hydroxyl groups excluding tert-OH is 1. The first-order valence-corrected chi connectivity index (χ1v) is 10.3. The molecule has 0 saturated carbocycles. The van der Waals surface area contributed by atoms with Crippen LogP contribution in [0.25, 0.3) is 11.3 Å². The molecule has 3 aromatic rings. The lowest BCUT2D eigenvalue weighted by molar-refractivity contribution is 0.0228. The van der Waals surface area contributed by atoms with Crippen LogP contribution in [0.2, 0.25) is 0 Å². The summed E-state index contributed by atoms with van der Waals surface area (Å²) in [5, 5.41) is 10.2. The molecule has 1 saturated heterocycles. The zero-order valence-electron chi connectivity index (χ0n) is 16.6. The summed E-state index contributed by atoms with van der Waals surface area (Å²) < 4.78 is 5.42. The van der Waals surface area contributed by atoms with Gasteiger partial charge >= 0.3 is 0 Å². The predicted molar refractivity (Wildman–Crippen MR) is 114 cm³/mol. The second-order valence-electron chi connectivity index (χ2n) is 8.03. The Kier molecular flexibility index (Phi) is 5.81. The summed E-state index contributed by atoms with van der Waals surface area (Å²) in [5.41, 5.74) is 2.69. The number of aryl methyl sites for hydroxylation is 1. The molecule has 1 amide bonds. The van der Waals surface area contributed by atoms with Gasteiger partial charge in [-0.3, -0.25) is 4.79 Å². The number of carbonyl (C=O) groups excluding carboxylic acids is 1. The fourth-order valence-electron chi connectivity index (χ4n) is 4.25. The summed E-state index contributed by atoms with van der Waals surface area (Å²) >= 11 is 0. The number of nitrogens with zero attached hydrogens (tertiary/aromatic N) is 1. The molecule has 1 fully saturated rings. The molecule has 2 aromatic carbocycles. The van der Waals surface area contributed by atoms with E-state index in [4.69, 9.17) is 4.42 Å². The third-order valence-electron chi connectivity index (χ3n) is 6.01. The van der Waals surface area contributed by atoms with Crippen molar-refractivity contribution in [3.05, 3.63) is 84.1 Å². The summed E-state index contributed by atoms with van der Waals surface area (Å²) in [4.78, 5) is 15.0. The van der Waals surface area contributed by atoms with Gasteiger partial charge in [-0.1, -0.05) is 42.5 Å². The van der Waals surface area contributed by atoms with Crippen molar-refractivity contribution in [2.75, 3.05) is 19.7 Å². The Bertz CT molecular complexity index is 918. The summed E-state index contributed by atoms with van der Waals surface area (Å²) in [6, 6.07) is 21.7. The molecule has 0 bridgehead atoms. The van der Waals surface area contributed by atoms with Gasteiger partial charge in [-0.15, -0.1) is 0 Å². The van der Waals surface area contributed by atoms with Gasteiger partial charge in [0.05, 0.1) is 12.9 Å². The Labute approximate surface area is 171 Å². The largest absolute Gasteiger partial charge is 0.464 e. The third-order valence-corrected chi connectivity index (χ3v) is 6.01. The van der Waals surface area contributed by atoms with Crippen molar-refractivity contribution < 1.29 is 14.3 Å². The summed E-state index contributed by atoms with van der Waals surface area (Å²) in [5.74, 6) is 0.829. The molecule has 1 aliphatic heterocycles. The maximum absolute atomic E-state index is 13.1. The number of amides is 1. The highest BCUT2D eigenvalue weighted by Crippen LogP contribution is 2.35. The Hall–Kier alpha value is -2.85. The lowest BCUT2D eigenvalue weighted by Gasteiger charge is -2.42. The van der Waals surface area contributed by atoms with E-state index in [2.05, 4.69) is 12.1 Å². The molecule has 0 aliphatic carbocycles. The Balaban J connectivity index is 1.44. The molecule has 150 valence electrons. The van der Waals surface area contributed by atoms with E-state index in [0.29, 0.717) is 12.1 Å². The zero-order chi connectivity index (χ0) is 20.1. The molecule has 0 spiro atoms. The highest BCUT2D eigenvalue weighted by atomic mass is 16.3. The maximum Gasteiger partial charge on any atom is 0.253 e. The number of piperidine rings is 1. The van der Waals surface area contributed by atoms with Crippen molar-refractivity contribution in [1.29, 1.82) is 0 Å². The van der Waals surface area contributed by atoms with Gasteiger partial charge in [0.1, 0.15) is 5.76 Å². The van der Waals surface area contributed by atoms with Gasteiger partial charge in [0.25, 0.3) is 5.91 Å². The lowest BCUT2D eigenvalue weighted by Crippen LogP contribution is -2.48. The van der Waals surface area contributed by atoms with Crippen LogP contribution >= 0.6 is 0 Å². The van der Waals surface area contributed by atoms with Gasteiger partial charge in [0.2, 0.25) is 0 Å². The topological polar surface area (TPSA) is 53.7 Å². The van der Waals surface area contributed by atoms with Crippen LogP contribution in [0.5, 0.6) is 0 Å². The van der Waals surface area contributed by atoms with E-state index in [9.17, 15) is 9.90 Å². The molecule has 1 aromatic heterocycles. The first-order chi connectivity index (χ1) is 14.2. The van der Waals surface area contributed by atoms with Crippen LogP contribution in [0.3, 0.4) is 0 Å². The van der Waals surface area contributed by atoms with E-state index in [1.54, 1.807) is 6.26 Å². The molecule has 1 atom stereocenters. The second kappa shape index (κ2) is 8.66. The van der Waals surface area contributed by atoms with Gasteiger partial charge in [0, 0.05) is 29.6 Å². The summed E-state index contributed by atoms with van der Waals surface area (Å²) in [6.45, 7) is 1.46. The minimum Gasteiger partial charge on any atom is -0.464 e. The van der Waals surface area contributed by atoms with Gasteiger partial charge in [-0.25, -0.2) is 0 Å². The Morgan fingerprint density at radius 1 is 1.03 bits per heavy atom. The van der Waals surface area contributed by atoms with Crippen LogP contribution < -0.4 is 0 Å². The van der Waals surface area contributed by atoms with Crippen molar-refractivity contribution in [2.24, 2.45) is 5.41 Å². The van der Waals surface area contributed by atoms with Crippen molar-refractivity contribution in [2.45, 2.75) is 25.7 Å². The van der Waals surface area contributed by atoms with Crippen LogP contribution in [-0.4, -0.2) is 35.6 Å². The number of carbonyl (C=O) groups is 1. The molecule has 4 heteroatoms. The fraction of sp³-hybridized carbons (Fsp3) is 0.320. The molecule has 4 nitrogen and oxygen atoms in total. The van der Waals surface area contributed by atoms with Crippen LogP contribution in [0.15, 0.2) is 77.4 Å². The quantitative estimate of drug-likeness (QED) is 0.659. The summed E-state index contributed by atoms with van der Waals surface area (Å²) in [7, 11) is 0. The van der Waals surface area contributed by atoms with Crippen molar-refractivity contribution >= 4 is 5.91 Å². The van der Waals surface area contributed by atoms with E-state index < -0.39 is 0 Å². The predicted octanol–water partition coefficient (Wildman–Crippen LogP) is 4.79. The number of hydrogen-bond acceptors (Lipinski definition) is 3. The number of rotatable bonds is 6. The van der Waals surface area contributed by atoms with Gasteiger partial charge in [-0.05, 0) is 55.5 Å². The van der Waals surface area contributed by atoms with Crippen molar-refractivity contribution in [3.63, 3.8) is 0 Å². The minimum atomic E-state index is -0.224. The molecule has 4 rings (SSSR count). The van der Waals surface area contributed by atoms with Crippen molar-refractivity contribution in [3.8, 4) is 11.3 Å². The van der Waals surface area contributed by atoms with Crippen LogP contribution in [0, 0.1) is 5.41 Å². The van der Waals surface area contributed by atoms with E-state index in [-0.39, 0.29) is 17.9 Å². The van der Waals surface area contributed by atoms with E-state index >= 15 is 0 Å². The SMILES string of the molecule is O=C(c1ccc(-c2ccco2)cc1)N1CCCC(CO)(CCc2ccccc2)C1. The van der Waals surface area contributed by atoms with E-state index in [0.717, 1.165) is 43.6 Å². The maximum atomic E-state index is 13.1. The summed E-state index contributed by atoms with van der Waals surface area (Å²) in [6.07, 6.45) is 5.32. The number of benzene rings is 2. The van der Waals surface area contributed by atoms with Crippen molar-refractivity contribution in [1.82, 2.24) is 4.90 Å². The average molecular weight is 389 g/mol. The zero-order valence-corrected chi connectivity index (χ0v) is 16.6. The smallest absolute Gasteiger partial charge is 0.253 e. The average Bonchev–Trinajstić information content (AvgIpc) is 3.33. The highest BCUT2D eigenvalue weighted by Gasteiger charge is 2.36. The van der Waals surface area contributed by atoms with E-state index in [1.165, 1.54) is 5.56 Å². The molecule has 0 radical (unpaired) electrons. The fourth-order valence-corrected chi connectivity index (χ4v) is 4.25. The third kappa shape index (κ3) is 4.43. The number of aliphatic hydroxyl groups is 1. The Morgan fingerprint density at radius 2 is 1.83 bits per heavy atom. The van der Waals surface area contributed by atoms with Gasteiger partial charge in [0.15, 0.2) is 0 Å². The molecular formula is C25H27NO3. The van der Waals surface area contributed by atoms with E-state index in [1.807, 2.05) is 59.5 Å². The standard InChI is InChI=1S/C25H27NO3/c27-19-25(15-13-20-6-2-1-3-7-20)14-5-16-26(18-25)24(28)22-11-9-21(10-12-22)23-8-4-17-29-23/h1-4,6-12,17,27H,5,13-16,18-19H2. The van der Waals surface area contributed by atoms with Gasteiger partial charge < -0.3 is 14.4 Å². The molecule has 29 heavy (non-hydrogen) atoms. The molecule has 1 unspecified atom stereocenters. The minimum absolute atomic E-state index is 0.0354. The first kappa shape index (κ1) is 19.5. The van der Waals surface area contributed by atoms with Gasteiger partial charge in [-0.2, -0.15) is 0 Å². The van der Waals surface area contributed by atoms with Crippen LogP contribution in [0.1, 0.15) is 35.2 Å². The molecule has 1 aliphatic rings. The monoisotopic (exact) mass is 389 g/mol. The van der Waals surface area contributed by atoms with Crippen LogP contribution in [-0.2, 0) is 6.42 Å². The highest BCUT2D eigenvalue weighted by molar-refractivity contribution is 5.94. The number of hydrogen-bond donors (Lipinski definition) is 1. The number of likely N-dealkylation sites (tertiary alicyclic amines) is 1. The molecular weight excluding hydrogens is 362 g/mol. The molecule has 2 heterocycles. The second-order valence-corrected chi connectivity index (χ2v) is 8.03. The lowest BCUT2D eigenvalue weighted by atomic mass is 9.76. The number of furan rings is 1.